The van der Waals surface area contributed by atoms with Crippen molar-refractivity contribution in [3.8, 4) is 5.75 Å². The number of aryl methyl sites for hydroxylation is 1. The summed E-state index contributed by atoms with van der Waals surface area (Å²) in [5.74, 6) is 0.105. The smallest absolute Gasteiger partial charge is 0.329 e. The molecule has 3 aromatic carbocycles. The molecule has 56 heavy (non-hydrogen) atoms. The van der Waals surface area contributed by atoms with Crippen LogP contribution in [0.25, 0.3) is 21.9 Å². The second-order valence-electron chi connectivity index (χ2n) is 15.5. The van der Waals surface area contributed by atoms with Crippen LogP contribution in [0, 0.1) is 5.92 Å². The molecule has 294 valence electrons. The van der Waals surface area contributed by atoms with Gasteiger partial charge in [-0.25, -0.2) is 4.79 Å². The highest BCUT2D eigenvalue weighted by Crippen LogP contribution is 2.37. The predicted octanol–water partition coefficient (Wildman–Crippen LogP) is 6.57. The number of para-hydroxylation sites is 1. The van der Waals surface area contributed by atoms with Gasteiger partial charge in [-0.05, 0) is 94.3 Å². The maximum Gasteiger partial charge on any atom is 0.329 e. The van der Waals surface area contributed by atoms with E-state index in [1.54, 1.807) is 41.5 Å². The molecule has 15 heteroatoms. The lowest BCUT2D eigenvalue weighted by Crippen LogP contribution is -2.45. The fraction of sp³-hybridized carbons (Fsp3) is 0.439. The molecule has 0 bridgehead atoms. The molecule has 1 saturated carbocycles. The van der Waals surface area contributed by atoms with Gasteiger partial charge in [0.15, 0.2) is 0 Å². The van der Waals surface area contributed by atoms with Gasteiger partial charge >= 0.3 is 5.69 Å². The summed E-state index contributed by atoms with van der Waals surface area (Å²) < 4.78 is 10.9. The Balaban J connectivity index is 0.867. The van der Waals surface area contributed by atoms with Crippen LogP contribution in [0.4, 0.5) is 11.4 Å². The molecule has 3 aliphatic rings. The number of amides is 3. The van der Waals surface area contributed by atoms with Crippen molar-refractivity contribution in [2.75, 3.05) is 44.0 Å². The molecule has 1 atom stereocenters. The maximum atomic E-state index is 13.5. The normalized spacial score (nSPS) is 20.9. The van der Waals surface area contributed by atoms with Crippen molar-refractivity contribution in [1.82, 2.24) is 29.1 Å². The Morgan fingerprint density at radius 2 is 1.75 bits per heavy atom. The highest BCUT2D eigenvalue weighted by molar-refractivity contribution is 6.42. The molecular weight excluding hydrogens is 755 g/mol. The summed E-state index contributed by atoms with van der Waals surface area (Å²) in [4.78, 5) is 55.9. The Labute approximate surface area is 334 Å². The Morgan fingerprint density at radius 1 is 0.982 bits per heavy atom. The van der Waals surface area contributed by atoms with Crippen LogP contribution >= 0.6 is 23.2 Å². The monoisotopic (exact) mass is 800 g/mol. The molecule has 4 heterocycles. The molecule has 3 fully saturated rings. The van der Waals surface area contributed by atoms with Crippen molar-refractivity contribution in [2.45, 2.75) is 69.5 Å². The molecule has 2 N–H and O–H groups in total. The summed E-state index contributed by atoms with van der Waals surface area (Å²) in [5.41, 5.74) is 4.06. The maximum absolute atomic E-state index is 13.5. The number of hydrogen-bond donors (Lipinski definition) is 2. The lowest BCUT2D eigenvalue weighted by molar-refractivity contribution is -0.135. The summed E-state index contributed by atoms with van der Waals surface area (Å²) in [7, 11) is 5.59. The molecule has 5 aromatic rings. The molecule has 3 amide bonds. The fourth-order valence-electron chi connectivity index (χ4n) is 8.96. The number of nitrogens with zero attached hydrogens (tertiary/aromatic N) is 6. The number of imidazole rings is 1. The van der Waals surface area contributed by atoms with Gasteiger partial charge in [0.05, 0.1) is 51.1 Å². The molecule has 1 aliphatic carbocycles. The van der Waals surface area contributed by atoms with E-state index < -0.39 is 11.9 Å². The van der Waals surface area contributed by atoms with Crippen molar-refractivity contribution < 1.29 is 19.1 Å². The number of hydrogen-bond acceptors (Lipinski definition) is 8. The highest BCUT2D eigenvalue weighted by atomic mass is 35.5. The van der Waals surface area contributed by atoms with E-state index in [0.717, 1.165) is 85.8 Å². The minimum Gasteiger partial charge on any atom is -0.494 e. The van der Waals surface area contributed by atoms with Gasteiger partial charge in [0.1, 0.15) is 11.8 Å². The number of rotatable bonds is 9. The lowest BCUT2D eigenvalue weighted by atomic mass is 9.85. The van der Waals surface area contributed by atoms with Crippen molar-refractivity contribution in [3.63, 3.8) is 0 Å². The average molecular weight is 802 g/mol. The number of piperidine rings is 2. The zero-order valence-corrected chi connectivity index (χ0v) is 33.3. The molecule has 8 rings (SSSR count). The van der Waals surface area contributed by atoms with Crippen LogP contribution in [-0.2, 0) is 16.6 Å². The minimum absolute atomic E-state index is 0.216. The number of carbonyl (C=O) groups is 3. The van der Waals surface area contributed by atoms with E-state index in [1.807, 2.05) is 24.3 Å². The number of fused-ring (bicyclic) bond motifs is 2. The second kappa shape index (κ2) is 15.6. The third-order valence-electron chi connectivity index (χ3n) is 12.0. The van der Waals surface area contributed by atoms with E-state index >= 15 is 0 Å². The largest absolute Gasteiger partial charge is 0.494 e. The van der Waals surface area contributed by atoms with Crippen LogP contribution in [0.5, 0.6) is 5.75 Å². The summed E-state index contributed by atoms with van der Waals surface area (Å²) in [6, 6.07) is 14.5. The van der Waals surface area contributed by atoms with Gasteiger partial charge < -0.3 is 19.9 Å². The third-order valence-corrected chi connectivity index (χ3v) is 12.8. The third kappa shape index (κ3) is 7.28. The number of methoxy groups -OCH3 is 1. The zero-order valence-electron chi connectivity index (χ0n) is 31.8. The van der Waals surface area contributed by atoms with Gasteiger partial charge in [-0.3, -0.25) is 33.5 Å². The van der Waals surface area contributed by atoms with Crippen LogP contribution in [0.15, 0.2) is 59.5 Å². The van der Waals surface area contributed by atoms with Crippen molar-refractivity contribution >= 4 is 74.2 Å². The van der Waals surface area contributed by atoms with Gasteiger partial charge in [0.25, 0.3) is 5.91 Å². The van der Waals surface area contributed by atoms with Crippen LogP contribution in [0.1, 0.15) is 73.8 Å². The summed E-state index contributed by atoms with van der Waals surface area (Å²) >= 11 is 12.2. The van der Waals surface area contributed by atoms with Crippen LogP contribution in [-0.4, -0.2) is 81.4 Å². The first-order valence-corrected chi connectivity index (χ1v) is 20.1. The van der Waals surface area contributed by atoms with E-state index in [-0.39, 0.29) is 23.9 Å². The molecule has 0 radical (unpaired) electrons. The Bertz CT molecular complexity index is 2390. The van der Waals surface area contributed by atoms with Gasteiger partial charge in [0.2, 0.25) is 11.8 Å². The highest BCUT2D eigenvalue weighted by Gasteiger charge is 2.33. The Morgan fingerprint density at radius 3 is 2.46 bits per heavy atom. The van der Waals surface area contributed by atoms with Crippen molar-refractivity contribution in [3.05, 3.63) is 80.8 Å². The SMILES string of the molecule is COc1cc2nn(C3CCC(CN(C)C4CCN(c5cccc6c5n(C)c(=O)n6C5CCC(=O)NC5=O)CC4)CC3)cc2cc1NC(=O)c1ccc(Cl)c(Cl)c1. The quantitative estimate of drug-likeness (QED) is 0.160. The van der Waals surface area contributed by atoms with Crippen LogP contribution in [0.2, 0.25) is 10.0 Å². The van der Waals surface area contributed by atoms with Crippen LogP contribution in [0.3, 0.4) is 0 Å². The van der Waals surface area contributed by atoms with E-state index in [4.69, 9.17) is 33.0 Å². The Hall–Kier alpha value is -4.85. The molecule has 2 saturated heterocycles. The average Bonchev–Trinajstić information content (AvgIpc) is 3.73. The fourth-order valence-corrected chi connectivity index (χ4v) is 9.25. The van der Waals surface area contributed by atoms with E-state index in [1.165, 1.54) is 0 Å². The first-order valence-electron chi connectivity index (χ1n) is 19.3. The molecule has 13 nitrogen and oxygen atoms in total. The number of anilines is 2. The number of imide groups is 1. The molecule has 2 aliphatic heterocycles. The number of halogens is 2. The Kier molecular flexibility index (Phi) is 10.6. The number of carbonyl (C=O) groups excluding carboxylic acids is 3. The van der Waals surface area contributed by atoms with E-state index in [0.29, 0.717) is 51.5 Å². The number of aromatic nitrogens is 4. The molecule has 0 spiro atoms. The summed E-state index contributed by atoms with van der Waals surface area (Å²) in [5, 5.41) is 11.9. The molecule has 1 unspecified atom stereocenters. The standard InChI is InChI=1S/C41H46Cl2N8O5/c1-47(27-15-17-49(18-16-27)33-5-4-6-34-38(33)48(2)41(55)51(34)35-13-14-37(52)45-40(35)54)22-24-7-10-28(11-8-24)50-23-26-20-32(36(56-3)21-31(26)46-50)44-39(53)25-9-12-29(42)30(43)19-25/h4-6,9,12,19-21,23-24,27-28,35H,7-8,10-11,13-18,22H2,1-3H3,(H,44,53)(H,45,52,54). The van der Waals surface area contributed by atoms with Gasteiger partial charge in [-0.15, -0.1) is 0 Å². The number of ether oxygens (including phenoxy) is 1. The number of benzene rings is 3. The first kappa shape index (κ1) is 38.0. The zero-order chi connectivity index (χ0) is 39.2. The minimum atomic E-state index is -0.700. The number of nitrogens with one attached hydrogen (secondary N) is 2. The van der Waals surface area contributed by atoms with Crippen molar-refractivity contribution in [2.24, 2.45) is 13.0 Å². The lowest BCUT2D eigenvalue weighted by Gasteiger charge is -2.40. The molecule has 2 aromatic heterocycles. The topological polar surface area (TPSA) is 136 Å². The van der Waals surface area contributed by atoms with Gasteiger partial charge in [-0.2, -0.15) is 5.10 Å². The summed E-state index contributed by atoms with van der Waals surface area (Å²) in [6.07, 6.45) is 8.97. The molecular formula is C41H46Cl2N8O5. The van der Waals surface area contributed by atoms with Crippen molar-refractivity contribution in [1.29, 1.82) is 0 Å². The van der Waals surface area contributed by atoms with Gasteiger partial charge in [-0.1, -0.05) is 29.3 Å². The first-order chi connectivity index (χ1) is 27.0. The van der Waals surface area contributed by atoms with E-state index in [9.17, 15) is 19.2 Å². The predicted molar refractivity (Wildman–Crippen MR) is 218 cm³/mol. The van der Waals surface area contributed by atoms with E-state index in [2.05, 4.69) is 44.4 Å². The second-order valence-corrected chi connectivity index (χ2v) is 16.3. The summed E-state index contributed by atoms with van der Waals surface area (Å²) in [6.45, 7) is 2.80. The van der Waals surface area contributed by atoms with Gasteiger partial charge in [0, 0.05) is 62.4 Å². The van der Waals surface area contributed by atoms with Crippen LogP contribution < -0.4 is 26.0 Å².